The van der Waals surface area contributed by atoms with Crippen molar-refractivity contribution in [2.75, 3.05) is 4.90 Å². The van der Waals surface area contributed by atoms with Gasteiger partial charge < -0.3 is 4.90 Å². The number of hydrogen-bond acceptors (Lipinski definition) is 1. The summed E-state index contributed by atoms with van der Waals surface area (Å²) in [6, 6.07) is 80.4. The van der Waals surface area contributed by atoms with Crippen LogP contribution < -0.4 is 4.90 Å². The molecule has 0 fully saturated rings. The lowest BCUT2D eigenvalue weighted by molar-refractivity contribution is 0.714. The fourth-order valence-electron chi connectivity index (χ4n) is 9.78. The van der Waals surface area contributed by atoms with Gasteiger partial charge in [-0.25, -0.2) is 0 Å². The predicted octanol–water partition coefficient (Wildman–Crippen LogP) is 15.3. The second-order valence-electron chi connectivity index (χ2n) is 15.3. The van der Waals surface area contributed by atoms with E-state index in [-0.39, 0.29) is 0 Å². The van der Waals surface area contributed by atoms with Gasteiger partial charge in [-0.15, -0.1) is 0 Å². The van der Waals surface area contributed by atoms with E-state index in [0.29, 0.717) is 0 Å². The molecule has 1 unspecified atom stereocenters. The summed E-state index contributed by atoms with van der Waals surface area (Å²) in [7, 11) is 0. The monoisotopic (exact) mass is 725 g/mol. The van der Waals surface area contributed by atoms with Gasteiger partial charge in [-0.05, 0) is 108 Å². The van der Waals surface area contributed by atoms with E-state index in [1.165, 1.54) is 88.1 Å². The zero-order chi connectivity index (χ0) is 37.9. The standard InChI is InChI=1S/C56H39N/c1-56(41-25-9-4-10-26-41)50-32-16-15-29-46(50)48-31-18-34-52(55(48)56)57(51-33-17-24-38-19-11-12-27-43(38)51)42-35-36-45-44-28-13-14-30-47(44)53(39-20-5-2-6-21-39)54(49(45)37-42)40-22-7-3-8-23-40/h2-37H,1H3. The average molecular weight is 726 g/mol. The van der Waals surface area contributed by atoms with Gasteiger partial charge in [0.25, 0.3) is 0 Å². The molecule has 1 nitrogen and oxygen atoms in total. The van der Waals surface area contributed by atoms with Crippen LogP contribution in [0.15, 0.2) is 218 Å². The molecule has 0 bridgehead atoms. The van der Waals surface area contributed by atoms with E-state index in [1.54, 1.807) is 0 Å². The first kappa shape index (κ1) is 33.1. The summed E-state index contributed by atoms with van der Waals surface area (Å²) in [5.41, 5.74) is 14.5. The highest BCUT2D eigenvalue weighted by molar-refractivity contribution is 6.22. The largest absolute Gasteiger partial charge is 0.310 e. The first-order chi connectivity index (χ1) is 28.2. The van der Waals surface area contributed by atoms with Gasteiger partial charge in [0.15, 0.2) is 0 Å². The second kappa shape index (κ2) is 13.2. The topological polar surface area (TPSA) is 3.24 Å². The van der Waals surface area contributed by atoms with Crippen molar-refractivity contribution in [3.8, 4) is 33.4 Å². The van der Waals surface area contributed by atoms with E-state index >= 15 is 0 Å². The lowest BCUT2D eigenvalue weighted by atomic mass is 9.73. The molecule has 0 aromatic heterocycles. The molecular weight excluding hydrogens is 687 g/mol. The minimum Gasteiger partial charge on any atom is -0.310 e. The van der Waals surface area contributed by atoms with E-state index in [4.69, 9.17) is 0 Å². The van der Waals surface area contributed by atoms with Crippen LogP contribution in [0.1, 0.15) is 23.6 Å². The van der Waals surface area contributed by atoms with Crippen LogP contribution in [0.25, 0.3) is 65.7 Å². The molecule has 57 heavy (non-hydrogen) atoms. The molecule has 0 amide bonds. The number of hydrogen-bond donors (Lipinski definition) is 0. The summed E-state index contributed by atoms with van der Waals surface area (Å²) >= 11 is 0. The van der Waals surface area contributed by atoms with Crippen molar-refractivity contribution in [1.29, 1.82) is 0 Å². The van der Waals surface area contributed by atoms with Crippen molar-refractivity contribution in [1.82, 2.24) is 0 Å². The Morgan fingerprint density at radius 1 is 0.368 bits per heavy atom. The maximum absolute atomic E-state index is 2.54. The minimum atomic E-state index is -0.394. The van der Waals surface area contributed by atoms with Crippen LogP contribution in [0, 0.1) is 0 Å². The second-order valence-corrected chi connectivity index (χ2v) is 15.3. The molecule has 0 heterocycles. The predicted molar refractivity (Wildman–Crippen MR) is 242 cm³/mol. The number of anilines is 3. The lowest BCUT2D eigenvalue weighted by Gasteiger charge is -2.35. The molecule has 0 saturated carbocycles. The van der Waals surface area contributed by atoms with Crippen LogP contribution in [0.2, 0.25) is 0 Å². The normalized spacial score (nSPS) is 14.5. The maximum atomic E-state index is 2.54. The smallest absolute Gasteiger partial charge is 0.0540 e. The van der Waals surface area contributed by atoms with Crippen LogP contribution in [-0.2, 0) is 5.41 Å². The van der Waals surface area contributed by atoms with E-state index < -0.39 is 5.41 Å². The molecule has 0 radical (unpaired) electrons. The molecule has 0 saturated heterocycles. The lowest BCUT2D eigenvalue weighted by Crippen LogP contribution is -2.25. The van der Waals surface area contributed by atoms with Gasteiger partial charge in [0, 0.05) is 16.5 Å². The van der Waals surface area contributed by atoms with Crippen molar-refractivity contribution < 1.29 is 0 Å². The van der Waals surface area contributed by atoms with E-state index in [9.17, 15) is 0 Å². The molecule has 1 aliphatic rings. The molecule has 11 rings (SSSR count). The van der Waals surface area contributed by atoms with Crippen molar-refractivity contribution in [2.24, 2.45) is 0 Å². The average Bonchev–Trinajstić information content (AvgIpc) is 3.56. The Balaban J connectivity index is 1.28. The van der Waals surface area contributed by atoms with Crippen molar-refractivity contribution in [3.05, 3.63) is 235 Å². The Hall–Kier alpha value is -7.22. The summed E-state index contributed by atoms with van der Waals surface area (Å²) in [5, 5.41) is 7.40. The zero-order valence-corrected chi connectivity index (χ0v) is 31.7. The molecule has 10 aromatic carbocycles. The fraction of sp³-hybridized carbons (Fsp3) is 0.0357. The Labute approximate surface area is 333 Å². The highest BCUT2D eigenvalue weighted by Gasteiger charge is 2.43. The number of rotatable bonds is 6. The summed E-state index contributed by atoms with van der Waals surface area (Å²) in [4.78, 5) is 2.54. The Morgan fingerprint density at radius 2 is 0.895 bits per heavy atom. The third-order valence-electron chi connectivity index (χ3n) is 12.3. The third-order valence-corrected chi connectivity index (χ3v) is 12.3. The summed E-state index contributed by atoms with van der Waals surface area (Å²) < 4.78 is 0. The molecule has 268 valence electrons. The van der Waals surface area contributed by atoms with Crippen LogP contribution in [0.3, 0.4) is 0 Å². The van der Waals surface area contributed by atoms with E-state index in [0.717, 1.165) is 11.4 Å². The van der Waals surface area contributed by atoms with Gasteiger partial charge >= 0.3 is 0 Å². The third kappa shape index (κ3) is 5.09. The van der Waals surface area contributed by atoms with E-state index in [1.807, 2.05) is 0 Å². The molecule has 1 heteroatoms. The van der Waals surface area contributed by atoms with Crippen molar-refractivity contribution in [2.45, 2.75) is 12.3 Å². The molecule has 0 N–H and O–H groups in total. The van der Waals surface area contributed by atoms with Crippen molar-refractivity contribution in [3.63, 3.8) is 0 Å². The summed E-state index contributed by atoms with van der Waals surface area (Å²) in [6.45, 7) is 2.42. The molecule has 10 aromatic rings. The Bertz CT molecular complexity index is 3120. The quantitative estimate of drug-likeness (QED) is 0.154. The molecular formula is C56H39N. The van der Waals surface area contributed by atoms with E-state index in [2.05, 4.69) is 230 Å². The van der Waals surface area contributed by atoms with Gasteiger partial charge in [-0.3, -0.25) is 0 Å². The first-order valence-corrected chi connectivity index (χ1v) is 19.9. The molecule has 1 aliphatic carbocycles. The van der Waals surface area contributed by atoms with Crippen LogP contribution >= 0.6 is 0 Å². The van der Waals surface area contributed by atoms with Crippen LogP contribution in [-0.4, -0.2) is 0 Å². The van der Waals surface area contributed by atoms with Crippen LogP contribution in [0.4, 0.5) is 17.1 Å². The summed E-state index contributed by atoms with van der Waals surface area (Å²) in [5.74, 6) is 0. The van der Waals surface area contributed by atoms with Crippen molar-refractivity contribution >= 4 is 49.4 Å². The Morgan fingerprint density at radius 3 is 1.65 bits per heavy atom. The van der Waals surface area contributed by atoms with Gasteiger partial charge in [0.05, 0.1) is 11.4 Å². The van der Waals surface area contributed by atoms with Gasteiger partial charge in [-0.1, -0.05) is 194 Å². The highest BCUT2D eigenvalue weighted by atomic mass is 15.1. The first-order valence-electron chi connectivity index (χ1n) is 19.9. The van der Waals surface area contributed by atoms with Gasteiger partial charge in [-0.2, -0.15) is 0 Å². The SMILES string of the molecule is CC1(c2ccccc2)c2ccccc2-c2cccc(N(c3ccc4c(c3)c(-c3ccccc3)c(-c3ccccc3)c3ccccc34)c3cccc4ccccc34)c21. The number of benzene rings is 10. The Kier molecular flexibility index (Phi) is 7.69. The molecule has 1 atom stereocenters. The summed E-state index contributed by atoms with van der Waals surface area (Å²) in [6.07, 6.45) is 0. The molecule has 0 spiro atoms. The fourth-order valence-corrected chi connectivity index (χ4v) is 9.78. The highest BCUT2D eigenvalue weighted by Crippen LogP contribution is 2.58. The maximum Gasteiger partial charge on any atom is 0.0540 e. The zero-order valence-electron chi connectivity index (χ0n) is 31.7. The van der Waals surface area contributed by atoms with Gasteiger partial charge in [0.2, 0.25) is 0 Å². The number of fused-ring (bicyclic) bond motifs is 7. The van der Waals surface area contributed by atoms with Crippen LogP contribution in [0.5, 0.6) is 0 Å². The van der Waals surface area contributed by atoms with Gasteiger partial charge in [0.1, 0.15) is 0 Å². The number of nitrogens with zero attached hydrogens (tertiary/aromatic N) is 1. The molecule has 0 aliphatic heterocycles. The minimum absolute atomic E-state index is 0.394.